The first-order valence-corrected chi connectivity index (χ1v) is 10.4. The minimum Gasteiger partial charge on any atom is -0.497 e. The highest BCUT2D eigenvalue weighted by Gasteiger charge is 2.35. The summed E-state index contributed by atoms with van der Waals surface area (Å²) in [4.78, 5) is 17.4. The lowest BCUT2D eigenvalue weighted by atomic mass is 10.1. The Hall–Kier alpha value is -3.64. The normalized spacial score (nSPS) is 14.1. The van der Waals surface area contributed by atoms with Crippen molar-refractivity contribution >= 4 is 21.4 Å². The molecule has 1 amide bonds. The molecule has 4 rings (SSSR count). The van der Waals surface area contributed by atoms with Crippen LogP contribution in [0.4, 0.5) is 5.69 Å². The third kappa shape index (κ3) is 3.34. The Morgan fingerprint density at radius 1 is 1.24 bits per heavy atom. The van der Waals surface area contributed by atoms with Crippen LogP contribution < -0.4 is 10.1 Å². The maximum atomic E-state index is 13.1. The Balaban J connectivity index is 1.80. The Bertz CT molecular complexity index is 1250. The fourth-order valence-electron chi connectivity index (χ4n) is 3.20. The molecule has 1 N–H and O–H groups in total. The number of nitrogens with zero attached hydrogens (tertiary/aromatic N) is 3. The van der Waals surface area contributed by atoms with E-state index >= 15 is 0 Å². The smallest absolute Gasteiger partial charge is 0.274 e. The summed E-state index contributed by atoms with van der Waals surface area (Å²) in [6, 6.07) is 15.3. The largest absolute Gasteiger partial charge is 0.497 e. The molecular weight excluding hydrogens is 392 g/mol. The van der Waals surface area contributed by atoms with Crippen molar-refractivity contribution in [1.29, 1.82) is 5.26 Å². The molecule has 0 fully saturated rings. The van der Waals surface area contributed by atoms with Gasteiger partial charge < -0.3 is 14.6 Å². The molecule has 146 valence electrons. The lowest BCUT2D eigenvalue weighted by Gasteiger charge is -2.10. The number of hydrogen-bond donors (Lipinski definition) is 1. The number of ether oxygens (including phenoxy) is 1. The summed E-state index contributed by atoms with van der Waals surface area (Å²) < 4.78 is 31.4. The second-order valence-corrected chi connectivity index (χ2v) is 8.44. The molecule has 0 spiro atoms. The maximum Gasteiger partial charge on any atom is 0.274 e. The Kier molecular flexibility index (Phi) is 4.56. The molecule has 0 bridgehead atoms. The number of amides is 1. The van der Waals surface area contributed by atoms with Crippen molar-refractivity contribution in [2.24, 2.45) is 0 Å². The number of fused-ring (bicyclic) bond motifs is 1. The molecule has 1 aliphatic heterocycles. The zero-order chi connectivity index (χ0) is 20.6. The van der Waals surface area contributed by atoms with E-state index < -0.39 is 15.7 Å². The predicted octanol–water partition coefficient (Wildman–Crippen LogP) is 2.47. The average Bonchev–Trinajstić information content (AvgIpc) is 3.26. The number of anilines is 1. The van der Waals surface area contributed by atoms with Gasteiger partial charge in [-0.3, -0.25) is 4.79 Å². The highest BCUT2D eigenvalue weighted by atomic mass is 32.2. The summed E-state index contributed by atoms with van der Waals surface area (Å²) >= 11 is 0. The summed E-state index contributed by atoms with van der Waals surface area (Å²) in [5, 5.41) is 11.5. The van der Waals surface area contributed by atoms with E-state index in [0.717, 1.165) is 0 Å². The summed E-state index contributed by atoms with van der Waals surface area (Å²) in [6.45, 7) is 0.157. The van der Waals surface area contributed by atoms with Crippen LogP contribution in [-0.2, 0) is 16.4 Å². The van der Waals surface area contributed by atoms with E-state index in [1.807, 2.05) is 6.07 Å². The van der Waals surface area contributed by atoms with Crippen molar-refractivity contribution in [1.82, 2.24) is 9.55 Å². The third-order valence-electron chi connectivity index (χ3n) is 4.62. The van der Waals surface area contributed by atoms with E-state index in [-0.39, 0.29) is 28.8 Å². The van der Waals surface area contributed by atoms with E-state index in [1.54, 1.807) is 48.5 Å². The Morgan fingerprint density at radius 3 is 2.69 bits per heavy atom. The quantitative estimate of drug-likeness (QED) is 0.709. The Morgan fingerprint density at radius 2 is 2.00 bits per heavy atom. The maximum absolute atomic E-state index is 13.1. The van der Waals surface area contributed by atoms with Gasteiger partial charge in [-0.25, -0.2) is 13.4 Å². The number of sulfone groups is 1. The molecule has 0 aliphatic carbocycles. The fraction of sp³-hybridized carbons (Fsp3) is 0.150. The van der Waals surface area contributed by atoms with Gasteiger partial charge in [-0.2, -0.15) is 5.26 Å². The SMILES string of the molecule is COc1cccc(-c2nc3n(c2C(=O)Nc2ccc(C#N)cc2)CCS3(=O)=O)c1. The van der Waals surface area contributed by atoms with Gasteiger partial charge in [0, 0.05) is 17.8 Å². The fourth-order valence-corrected chi connectivity index (χ4v) is 4.55. The van der Waals surface area contributed by atoms with Gasteiger partial charge in [-0.15, -0.1) is 0 Å². The van der Waals surface area contributed by atoms with Crippen molar-refractivity contribution in [2.45, 2.75) is 11.7 Å². The Labute approximate surface area is 167 Å². The number of benzene rings is 2. The zero-order valence-corrected chi connectivity index (χ0v) is 16.2. The molecular formula is C20H16N4O4S. The molecule has 8 nitrogen and oxygen atoms in total. The summed E-state index contributed by atoms with van der Waals surface area (Å²) in [5.74, 6) is -0.00874. The number of methoxy groups -OCH3 is 1. The predicted molar refractivity (Wildman–Crippen MR) is 105 cm³/mol. The van der Waals surface area contributed by atoms with Gasteiger partial charge in [0.05, 0.1) is 24.5 Å². The molecule has 0 radical (unpaired) electrons. The lowest BCUT2D eigenvalue weighted by Crippen LogP contribution is -2.17. The van der Waals surface area contributed by atoms with E-state index in [0.29, 0.717) is 22.6 Å². The number of nitrogens with one attached hydrogen (secondary N) is 1. The second-order valence-electron chi connectivity index (χ2n) is 6.44. The van der Waals surface area contributed by atoms with Crippen LogP contribution in [0.5, 0.6) is 5.75 Å². The number of imidazole rings is 1. The molecule has 1 aromatic heterocycles. The topological polar surface area (TPSA) is 114 Å². The second kappa shape index (κ2) is 7.07. The first-order valence-electron chi connectivity index (χ1n) is 8.72. The van der Waals surface area contributed by atoms with Crippen LogP contribution in [-0.4, -0.2) is 36.7 Å². The zero-order valence-electron chi connectivity index (χ0n) is 15.4. The van der Waals surface area contributed by atoms with Gasteiger partial charge >= 0.3 is 0 Å². The van der Waals surface area contributed by atoms with Crippen LogP contribution in [0, 0.1) is 11.3 Å². The molecule has 1 aliphatic rings. The van der Waals surface area contributed by atoms with Gasteiger partial charge in [-0.1, -0.05) is 12.1 Å². The minimum atomic E-state index is -3.54. The van der Waals surface area contributed by atoms with Crippen LogP contribution in [0.25, 0.3) is 11.3 Å². The van der Waals surface area contributed by atoms with Crippen molar-refractivity contribution in [3.63, 3.8) is 0 Å². The molecule has 0 unspecified atom stereocenters. The molecule has 2 aromatic carbocycles. The highest BCUT2D eigenvalue weighted by Crippen LogP contribution is 2.32. The van der Waals surface area contributed by atoms with Crippen LogP contribution in [0.2, 0.25) is 0 Å². The number of carbonyl (C=O) groups is 1. The summed E-state index contributed by atoms with van der Waals surface area (Å²) in [5.41, 5.74) is 1.97. The van der Waals surface area contributed by atoms with Crippen molar-refractivity contribution in [2.75, 3.05) is 18.2 Å². The molecule has 0 atom stereocenters. The first-order chi connectivity index (χ1) is 13.9. The van der Waals surface area contributed by atoms with Gasteiger partial charge in [-0.05, 0) is 36.4 Å². The van der Waals surface area contributed by atoms with Crippen LogP contribution in [0.3, 0.4) is 0 Å². The van der Waals surface area contributed by atoms with Crippen molar-refractivity contribution < 1.29 is 17.9 Å². The number of rotatable bonds is 4. The molecule has 3 aromatic rings. The highest BCUT2D eigenvalue weighted by molar-refractivity contribution is 7.91. The van der Waals surface area contributed by atoms with E-state index in [9.17, 15) is 13.2 Å². The molecule has 2 heterocycles. The molecule has 0 saturated heterocycles. The van der Waals surface area contributed by atoms with Crippen LogP contribution in [0.15, 0.2) is 53.7 Å². The summed E-state index contributed by atoms with van der Waals surface area (Å²) in [7, 11) is -2.02. The first kappa shape index (κ1) is 18.7. The minimum absolute atomic E-state index is 0.0924. The van der Waals surface area contributed by atoms with Crippen LogP contribution in [0.1, 0.15) is 16.1 Å². The third-order valence-corrected chi connectivity index (χ3v) is 6.21. The van der Waals surface area contributed by atoms with E-state index in [2.05, 4.69) is 10.3 Å². The van der Waals surface area contributed by atoms with Crippen molar-refractivity contribution in [3.05, 3.63) is 59.8 Å². The lowest BCUT2D eigenvalue weighted by molar-refractivity contribution is 0.101. The van der Waals surface area contributed by atoms with Crippen molar-refractivity contribution in [3.8, 4) is 23.1 Å². The number of hydrogen-bond acceptors (Lipinski definition) is 6. The van der Waals surface area contributed by atoms with Gasteiger partial charge in [0.2, 0.25) is 15.0 Å². The van der Waals surface area contributed by atoms with Gasteiger partial charge in [0.15, 0.2) is 0 Å². The average molecular weight is 408 g/mol. The summed E-state index contributed by atoms with van der Waals surface area (Å²) in [6.07, 6.45) is 0. The number of carbonyl (C=O) groups excluding carboxylic acids is 1. The molecule has 29 heavy (non-hydrogen) atoms. The molecule has 9 heteroatoms. The van der Waals surface area contributed by atoms with E-state index in [1.165, 1.54) is 11.7 Å². The number of aromatic nitrogens is 2. The number of nitriles is 1. The van der Waals surface area contributed by atoms with Crippen LogP contribution >= 0.6 is 0 Å². The van der Waals surface area contributed by atoms with Gasteiger partial charge in [0.1, 0.15) is 17.1 Å². The molecule has 0 saturated carbocycles. The standard InChI is InChI=1S/C20H16N4O4S/c1-28-16-4-2-3-14(11-16)17-18(24-9-10-29(26,27)20(24)23-17)19(25)22-15-7-5-13(12-21)6-8-15/h2-8,11H,9-10H2,1H3,(H,22,25). The van der Waals surface area contributed by atoms with Gasteiger partial charge in [0.25, 0.3) is 5.91 Å². The van der Waals surface area contributed by atoms with E-state index in [4.69, 9.17) is 10.00 Å². The monoisotopic (exact) mass is 408 g/mol.